The van der Waals surface area contributed by atoms with Crippen molar-refractivity contribution in [1.29, 1.82) is 0 Å². The SMILES string of the molecule is CCC(CO)=C(CCC(C)OC)C(=O)OC. The van der Waals surface area contributed by atoms with E-state index in [1.54, 1.807) is 7.11 Å². The molecule has 0 saturated carbocycles. The molecule has 1 atom stereocenters. The Morgan fingerprint density at radius 2 is 2.00 bits per heavy atom. The summed E-state index contributed by atoms with van der Waals surface area (Å²) in [4.78, 5) is 11.5. The summed E-state index contributed by atoms with van der Waals surface area (Å²) in [5.41, 5.74) is 1.33. The molecule has 0 aliphatic rings. The first-order valence-electron chi connectivity index (χ1n) is 5.53. The number of hydrogen-bond acceptors (Lipinski definition) is 4. The fourth-order valence-corrected chi connectivity index (χ4v) is 1.43. The molecule has 1 unspecified atom stereocenters. The van der Waals surface area contributed by atoms with E-state index in [1.165, 1.54) is 7.11 Å². The van der Waals surface area contributed by atoms with Crippen LogP contribution in [-0.4, -0.2) is 38.0 Å². The van der Waals surface area contributed by atoms with E-state index in [2.05, 4.69) is 0 Å². The minimum Gasteiger partial charge on any atom is -0.466 e. The van der Waals surface area contributed by atoms with Crippen molar-refractivity contribution in [3.8, 4) is 0 Å². The van der Waals surface area contributed by atoms with Gasteiger partial charge in [-0.15, -0.1) is 0 Å². The van der Waals surface area contributed by atoms with Gasteiger partial charge in [0, 0.05) is 12.7 Å². The van der Waals surface area contributed by atoms with E-state index in [-0.39, 0.29) is 18.7 Å². The van der Waals surface area contributed by atoms with Gasteiger partial charge in [-0.25, -0.2) is 4.79 Å². The van der Waals surface area contributed by atoms with E-state index < -0.39 is 0 Å². The molecule has 16 heavy (non-hydrogen) atoms. The van der Waals surface area contributed by atoms with Crippen LogP contribution in [0.5, 0.6) is 0 Å². The number of carbonyl (C=O) groups excluding carboxylic acids is 1. The van der Waals surface area contributed by atoms with Gasteiger partial charge < -0.3 is 14.6 Å². The van der Waals surface area contributed by atoms with Gasteiger partial charge in [-0.1, -0.05) is 6.92 Å². The molecule has 1 N–H and O–H groups in total. The van der Waals surface area contributed by atoms with Crippen molar-refractivity contribution in [2.75, 3.05) is 20.8 Å². The highest BCUT2D eigenvalue weighted by molar-refractivity contribution is 5.89. The van der Waals surface area contributed by atoms with Crippen LogP contribution in [0.2, 0.25) is 0 Å². The molecule has 4 heteroatoms. The van der Waals surface area contributed by atoms with Crippen molar-refractivity contribution in [1.82, 2.24) is 0 Å². The minimum absolute atomic E-state index is 0.0939. The molecule has 0 rings (SSSR count). The Labute approximate surface area is 97.2 Å². The number of hydrogen-bond donors (Lipinski definition) is 1. The number of rotatable bonds is 7. The Kier molecular flexibility index (Phi) is 7.85. The molecule has 0 amide bonds. The zero-order chi connectivity index (χ0) is 12.6. The third kappa shape index (κ3) is 4.77. The lowest BCUT2D eigenvalue weighted by Gasteiger charge is -2.13. The smallest absolute Gasteiger partial charge is 0.333 e. The second-order valence-electron chi connectivity index (χ2n) is 3.67. The zero-order valence-corrected chi connectivity index (χ0v) is 10.6. The van der Waals surface area contributed by atoms with Gasteiger partial charge in [-0.05, 0) is 31.8 Å². The summed E-state index contributed by atoms with van der Waals surface area (Å²) in [6.07, 6.45) is 2.06. The molecule has 94 valence electrons. The molecular weight excluding hydrogens is 208 g/mol. The summed E-state index contributed by atoms with van der Waals surface area (Å²) in [6, 6.07) is 0. The first kappa shape index (κ1) is 15.1. The zero-order valence-electron chi connectivity index (χ0n) is 10.6. The number of methoxy groups -OCH3 is 2. The van der Waals surface area contributed by atoms with Gasteiger partial charge in [0.1, 0.15) is 0 Å². The predicted molar refractivity (Wildman–Crippen MR) is 62.1 cm³/mol. The van der Waals surface area contributed by atoms with Crippen LogP contribution < -0.4 is 0 Å². The highest BCUT2D eigenvalue weighted by Gasteiger charge is 2.15. The number of aliphatic hydroxyl groups is 1. The third-order valence-corrected chi connectivity index (χ3v) is 2.68. The van der Waals surface area contributed by atoms with E-state index in [1.807, 2.05) is 13.8 Å². The Bertz CT molecular complexity index is 239. The van der Waals surface area contributed by atoms with Gasteiger partial charge in [0.05, 0.1) is 19.8 Å². The van der Waals surface area contributed by atoms with Crippen LogP contribution >= 0.6 is 0 Å². The molecule has 0 aliphatic carbocycles. The third-order valence-electron chi connectivity index (χ3n) is 2.68. The fourth-order valence-electron chi connectivity index (χ4n) is 1.43. The molecule has 0 aromatic heterocycles. The highest BCUT2D eigenvalue weighted by atomic mass is 16.5. The lowest BCUT2D eigenvalue weighted by Crippen LogP contribution is -2.13. The summed E-state index contributed by atoms with van der Waals surface area (Å²) in [7, 11) is 2.99. The maximum Gasteiger partial charge on any atom is 0.333 e. The van der Waals surface area contributed by atoms with Crippen molar-refractivity contribution in [3.63, 3.8) is 0 Å². The lowest BCUT2D eigenvalue weighted by atomic mass is 10.0. The largest absolute Gasteiger partial charge is 0.466 e. The molecule has 0 radical (unpaired) electrons. The maximum absolute atomic E-state index is 11.5. The molecule has 0 aliphatic heterocycles. The Balaban J connectivity index is 4.68. The first-order chi connectivity index (χ1) is 7.60. The second-order valence-corrected chi connectivity index (χ2v) is 3.67. The summed E-state index contributed by atoms with van der Waals surface area (Å²) in [5, 5.41) is 9.17. The summed E-state index contributed by atoms with van der Waals surface area (Å²) < 4.78 is 9.84. The molecule has 0 saturated heterocycles. The quantitative estimate of drug-likeness (QED) is 0.534. The van der Waals surface area contributed by atoms with E-state index in [9.17, 15) is 4.79 Å². The number of aliphatic hydroxyl groups excluding tert-OH is 1. The van der Waals surface area contributed by atoms with Gasteiger partial charge in [-0.2, -0.15) is 0 Å². The molecular formula is C12H22O4. The first-order valence-corrected chi connectivity index (χ1v) is 5.53. The molecule has 0 aromatic carbocycles. The van der Waals surface area contributed by atoms with Gasteiger partial charge in [-0.3, -0.25) is 0 Å². The van der Waals surface area contributed by atoms with Crippen LogP contribution in [0.3, 0.4) is 0 Å². The topological polar surface area (TPSA) is 55.8 Å². The van der Waals surface area contributed by atoms with Crippen molar-refractivity contribution in [3.05, 3.63) is 11.1 Å². The summed E-state index contributed by atoms with van der Waals surface area (Å²) in [6.45, 7) is 3.76. The molecule has 0 fully saturated rings. The molecule has 0 spiro atoms. The maximum atomic E-state index is 11.5. The van der Waals surface area contributed by atoms with Crippen LogP contribution in [0.25, 0.3) is 0 Å². The van der Waals surface area contributed by atoms with Crippen LogP contribution in [0.4, 0.5) is 0 Å². The molecule has 0 aromatic rings. The van der Waals surface area contributed by atoms with E-state index in [0.29, 0.717) is 18.4 Å². The van der Waals surface area contributed by atoms with E-state index in [4.69, 9.17) is 14.6 Å². The number of esters is 1. The van der Waals surface area contributed by atoms with Crippen LogP contribution in [-0.2, 0) is 14.3 Å². The average Bonchev–Trinajstić information content (AvgIpc) is 2.32. The van der Waals surface area contributed by atoms with Gasteiger partial charge >= 0.3 is 5.97 Å². The number of carbonyl (C=O) groups is 1. The highest BCUT2D eigenvalue weighted by Crippen LogP contribution is 2.17. The molecule has 0 heterocycles. The summed E-state index contributed by atoms with van der Waals surface area (Å²) >= 11 is 0. The van der Waals surface area contributed by atoms with Crippen molar-refractivity contribution in [2.45, 2.75) is 39.2 Å². The van der Waals surface area contributed by atoms with E-state index in [0.717, 1.165) is 12.0 Å². The summed E-state index contributed by atoms with van der Waals surface area (Å²) in [5.74, 6) is -0.353. The van der Waals surface area contributed by atoms with Gasteiger partial charge in [0.25, 0.3) is 0 Å². The Hall–Kier alpha value is -0.870. The van der Waals surface area contributed by atoms with Gasteiger partial charge in [0.2, 0.25) is 0 Å². The van der Waals surface area contributed by atoms with Gasteiger partial charge in [0.15, 0.2) is 0 Å². The predicted octanol–water partition coefficient (Wildman–Crippen LogP) is 1.67. The Morgan fingerprint density at radius 1 is 1.38 bits per heavy atom. The molecule has 4 nitrogen and oxygen atoms in total. The van der Waals surface area contributed by atoms with Crippen molar-refractivity contribution < 1.29 is 19.4 Å². The van der Waals surface area contributed by atoms with Crippen LogP contribution in [0.1, 0.15) is 33.1 Å². The fraction of sp³-hybridized carbons (Fsp3) is 0.750. The monoisotopic (exact) mass is 230 g/mol. The normalized spacial score (nSPS) is 14.3. The molecule has 0 bridgehead atoms. The minimum atomic E-state index is -0.353. The standard InChI is InChI=1S/C12H22O4/c1-5-10(8-13)11(12(14)16-4)7-6-9(2)15-3/h9,13H,5-8H2,1-4H3. The second kappa shape index (κ2) is 8.30. The number of ether oxygens (including phenoxy) is 2. The average molecular weight is 230 g/mol. The van der Waals surface area contributed by atoms with Crippen LogP contribution in [0, 0.1) is 0 Å². The lowest BCUT2D eigenvalue weighted by molar-refractivity contribution is -0.136. The van der Waals surface area contributed by atoms with Crippen LogP contribution in [0.15, 0.2) is 11.1 Å². The Morgan fingerprint density at radius 3 is 2.38 bits per heavy atom. The van der Waals surface area contributed by atoms with Crippen molar-refractivity contribution >= 4 is 5.97 Å². The van der Waals surface area contributed by atoms with E-state index >= 15 is 0 Å². The van der Waals surface area contributed by atoms with Crippen molar-refractivity contribution in [2.24, 2.45) is 0 Å².